The maximum atomic E-state index is 4.79. The zero-order valence-corrected chi connectivity index (χ0v) is 13.3. The summed E-state index contributed by atoms with van der Waals surface area (Å²) < 4.78 is 0. The minimum Gasteiger partial charge on any atom is -0.253 e. The van der Waals surface area contributed by atoms with Crippen LogP contribution in [-0.4, -0.2) is 5.71 Å². The average molecular weight is 267 g/mol. The molecule has 0 amide bonds. The predicted octanol–water partition coefficient (Wildman–Crippen LogP) is 5.73. The Hall–Kier alpha value is -1.89. The molecular weight excluding hydrogens is 242 g/mol. The highest BCUT2D eigenvalue weighted by Gasteiger charge is 2.04. The number of nitrogens with zero attached hydrogens (tertiary/aromatic N) is 1. The minimum atomic E-state index is 1.01. The van der Waals surface area contributed by atoms with Gasteiger partial charge in [-0.15, -0.1) is 0 Å². The van der Waals surface area contributed by atoms with Gasteiger partial charge in [0.1, 0.15) is 0 Å². The van der Waals surface area contributed by atoms with Crippen molar-refractivity contribution < 1.29 is 0 Å². The fourth-order valence-corrected chi connectivity index (χ4v) is 1.80. The lowest BCUT2D eigenvalue weighted by Gasteiger charge is -2.08. The first kappa shape index (κ1) is 16.2. The van der Waals surface area contributed by atoms with Crippen LogP contribution in [0.3, 0.4) is 0 Å². The molecule has 0 radical (unpaired) electrons. The number of benzene rings is 1. The van der Waals surface area contributed by atoms with Gasteiger partial charge in [0.15, 0.2) is 0 Å². The van der Waals surface area contributed by atoms with E-state index < -0.39 is 0 Å². The summed E-state index contributed by atoms with van der Waals surface area (Å²) in [6.45, 7) is 10.5. The molecule has 1 rings (SSSR count). The van der Waals surface area contributed by atoms with Crippen LogP contribution in [0.5, 0.6) is 0 Å². The molecule has 106 valence electrons. The highest BCUT2D eigenvalue weighted by Crippen LogP contribution is 2.23. The van der Waals surface area contributed by atoms with E-state index in [9.17, 15) is 0 Å². The van der Waals surface area contributed by atoms with Crippen LogP contribution >= 0.6 is 0 Å². The van der Waals surface area contributed by atoms with Crippen molar-refractivity contribution in [2.24, 2.45) is 4.99 Å². The summed E-state index contributed by atoms with van der Waals surface area (Å²) >= 11 is 0. The van der Waals surface area contributed by atoms with Crippen molar-refractivity contribution in [2.75, 3.05) is 0 Å². The molecule has 0 N–H and O–H groups in total. The molecule has 0 aliphatic carbocycles. The Morgan fingerprint density at radius 3 is 2.30 bits per heavy atom. The summed E-state index contributed by atoms with van der Waals surface area (Å²) in [6.07, 6.45) is 9.10. The molecule has 1 nitrogen and oxygen atoms in total. The molecule has 0 aliphatic heterocycles. The lowest BCUT2D eigenvalue weighted by atomic mass is 10.0. The third-order valence-corrected chi connectivity index (χ3v) is 3.19. The van der Waals surface area contributed by atoms with Crippen LogP contribution in [0.25, 0.3) is 5.70 Å². The van der Waals surface area contributed by atoms with Gasteiger partial charge in [-0.1, -0.05) is 55.0 Å². The molecule has 1 aromatic carbocycles. The van der Waals surface area contributed by atoms with E-state index in [0.29, 0.717) is 0 Å². The van der Waals surface area contributed by atoms with E-state index in [2.05, 4.69) is 45.0 Å². The first-order valence-corrected chi connectivity index (χ1v) is 7.20. The first-order chi connectivity index (χ1) is 9.58. The molecule has 0 unspecified atom stereocenters. The SMILES string of the molecule is C\C=C/C=C\C(C)=N\C(=C(/C)CC)c1ccc(C)cc1. The van der Waals surface area contributed by atoms with Crippen molar-refractivity contribution in [3.63, 3.8) is 0 Å². The molecule has 20 heavy (non-hydrogen) atoms. The van der Waals surface area contributed by atoms with Crippen LogP contribution in [0, 0.1) is 6.92 Å². The number of aliphatic imine (C=N–C) groups is 1. The Morgan fingerprint density at radius 2 is 1.75 bits per heavy atom. The number of aryl methyl sites for hydroxylation is 1. The van der Waals surface area contributed by atoms with Gasteiger partial charge in [-0.2, -0.15) is 0 Å². The van der Waals surface area contributed by atoms with Crippen LogP contribution in [-0.2, 0) is 0 Å². The van der Waals surface area contributed by atoms with Gasteiger partial charge in [0.25, 0.3) is 0 Å². The van der Waals surface area contributed by atoms with E-state index in [0.717, 1.165) is 17.8 Å². The van der Waals surface area contributed by atoms with Crippen LogP contribution < -0.4 is 0 Å². The first-order valence-electron chi connectivity index (χ1n) is 7.20. The molecular formula is C19H25N. The molecule has 0 bridgehead atoms. The van der Waals surface area contributed by atoms with Crippen molar-refractivity contribution >= 4 is 11.4 Å². The number of rotatable bonds is 5. The lowest BCUT2D eigenvalue weighted by molar-refractivity contribution is 1.09. The largest absolute Gasteiger partial charge is 0.253 e. The van der Waals surface area contributed by atoms with Gasteiger partial charge >= 0.3 is 0 Å². The topological polar surface area (TPSA) is 12.4 Å². The van der Waals surface area contributed by atoms with Crippen molar-refractivity contribution in [3.8, 4) is 0 Å². The van der Waals surface area contributed by atoms with E-state index >= 15 is 0 Å². The highest BCUT2D eigenvalue weighted by molar-refractivity contribution is 5.97. The number of allylic oxidation sites excluding steroid dienone is 5. The monoisotopic (exact) mass is 267 g/mol. The Balaban J connectivity index is 3.15. The second-order valence-electron chi connectivity index (χ2n) is 4.99. The van der Waals surface area contributed by atoms with Gasteiger partial charge in [-0.3, -0.25) is 4.99 Å². The molecule has 1 heteroatoms. The fourth-order valence-electron chi connectivity index (χ4n) is 1.80. The molecule has 0 saturated carbocycles. The third-order valence-electron chi connectivity index (χ3n) is 3.19. The predicted molar refractivity (Wildman–Crippen MR) is 91.1 cm³/mol. The van der Waals surface area contributed by atoms with Crippen LogP contribution in [0.4, 0.5) is 0 Å². The summed E-state index contributed by atoms with van der Waals surface area (Å²) in [6, 6.07) is 8.57. The minimum absolute atomic E-state index is 1.01. The maximum Gasteiger partial charge on any atom is 0.0694 e. The average Bonchev–Trinajstić information content (AvgIpc) is 2.45. The molecule has 0 fully saturated rings. The smallest absolute Gasteiger partial charge is 0.0694 e. The number of hydrogen-bond acceptors (Lipinski definition) is 1. The summed E-state index contributed by atoms with van der Waals surface area (Å²) in [5.41, 5.74) is 5.89. The highest BCUT2D eigenvalue weighted by atomic mass is 14.8. The van der Waals surface area contributed by atoms with E-state index in [-0.39, 0.29) is 0 Å². The Morgan fingerprint density at radius 1 is 1.10 bits per heavy atom. The molecule has 0 spiro atoms. The lowest BCUT2D eigenvalue weighted by Crippen LogP contribution is -1.92. The van der Waals surface area contributed by atoms with Crippen LogP contribution in [0.2, 0.25) is 0 Å². The second kappa shape index (κ2) is 8.31. The van der Waals surface area contributed by atoms with Crippen molar-refractivity contribution in [2.45, 2.75) is 41.0 Å². The normalized spacial score (nSPS) is 14.2. The van der Waals surface area contributed by atoms with Gasteiger partial charge in [0.2, 0.25) is 0 Å². The summed E-state index contributed by atoms with van der Waals surface area (Å²) in [5, 5.41) is 0. The molecule has 0 aliphatic rings. The molecule has 1 aromatic rings. The van der Waals surface area contributed by atoms with Gasteiger partial charge < -0.3 is 0 Å². The summed E-state index contributed by atoms with van der Waals surface area (Å²) in [5.74, 6) is 0. The van der Waals surface area contributed by atoms with Gasteiger partial charge in [-0.25, -0.2) is 0 Å². The van der Waals surface area contributed by atoms with E-state index in [1.165, 1.54) is 16.7 Å². The van der Waals surface area contributed by atoms with Gasteiger partial charge in [-0.05, 0) is 45.8 Å². The zero-order chi connectivity index (χ0) is 15.0. The summed E-state index contributed by atoms with van der Waals surface area (Å²) in [7, 11) is 0. The third kappa shape index (κ3) is 5.00. The van der Waals surface area contributed by atoms with E-state index in [1.807, 2.05) is 38.2 Å². The standard InChI is InChI=1S/C19H25N/c1-6-8-9-10-17(5)20-19(16(4)7-2)18-13-11-15(3)12-14-18/h6,8-14H,7H2,1-5H3/b8-6-,10-9-,19-16+,20-17+. The van der Waals surface area contributed by atoms with E-state index in [1.54, 1.807) is 0 Å². The van der Waals surface area contributed by atoms with Crippen molar-refractivity contribution in [1.29, 1.82) is 0 Å². The van der Waals surface area contributed by atoms with E-state index in [4.69, 9.17) is 4.99 Å². The van der Waals surface area contributed by atoms with Gasteiger partial charge in [0, 0.05) is 11.3 Å². The molecule has 0 atom stereocenters. The molecule has 0 aromatic heterocycles. The quantitative estimate of drug-likeness (QED) is 0.477. The Bertz CT molecular complexity index is 540. The second-order valence-corrected chi connectivity index (χ2v) is 4.99. The fraction of sp³-hybridized carbons (Fsp3) is 0.316. The zero-order valence-electron chi connectivity index (χ0n) is 13.3. The van der Waals surface area contributed by atoms with Crippen molar-refractivity contribution in [1.82, 2.24) is 0 Å². The number of hydrogen-bond donors (Lipinski definition) is 0. The Kier molecular flexibility index (Phi) is 6.72. The van der Waals surface area contributed by atoms with Crippen molar-refractivity contribution in [3.05, 3.63) is 65.3 Å². The van der Waals surface area contributed by atoms with Crippen LogP contribution in [0.1, 0.15) is 45.2 Å². The Labute approximate surface area is 123 Å². The molecule has 0 heterocycles. The molecule has 0 saturated heterocycles. The van der Waals surface area contributed by atoms with Gasteiger partial charge in [0.05, 0.1) is 5.70 Å². The van der Waals surface area contributed by atoms with Crippen LogP contribution in [0.15, 0.2) is 59.1 Å². The summed E-state index contributed by atoms with van der Waals surface area (Å²) in [4.78, 5) is 4.79. The maximum absolute atomic E-state index is 4.79.